The average molecular weight is 433 g/mol. The molecule has 0 aliphatic heterocycles. The van der Waals surface area contributed by atoms with E-state index in [4.69, 9.17) is 10.5 Å². The maximum atomic E-state index is 12.0. The molecule has 1 unspecified atom stereocenters. The van der Waals surface area contributed by atoms with E-state index in [1.54, 1.807) is 24.4 Å². The number of esters is 1. The quantitative estimate of drug-likeness (QED) is 0.448. The molecule has 0 aliphatic rings. The fourth-order valence-corrected chi connectivity index (χ4v) is 3.94. The second-order valence-electron chi connectivity index (χ2n) is 6.80. The number of ether oxygens (including phenoxy) is 1. The van der Waals surface area contributed by atoms with Gasteiger partial charge in [-0.15, -0.1) is 16.4 Å². The molecule has 0 radical (unpaired) electrons. The Bertz CT molecular complexity index is 1220. The van der Waals surface area contributed by atoms with Gasteiger partial charge in [0.1, 0.15) is 22.4 Å². The number of primary amides is 1. The smallest absolute Gasteiger partial charge is 0.337 e. The van der Waals surface area contributed by atoms with Crippen LogP contribution in [0.15, 0.2) is 66.2 Å². The molecule has 2 aromatic heterocycles. The van der Waals surface area contributed by atoms with Gasteiger partial charge in [-0.2, -0.15) is 0 Å². The van der Waals surface area contributed by atoms with Gasteiger partial charge in [0.2, 0.25) is 5.91 Å². The summed E-state index contributed by atoms with van der Waals surface area (Å²) >= 11 is 1.42. The molecule has 0 aliphatic carbocycles. The van der Waals surface area contributed by atoms with Crippen molar-refractivity contribution in [1.29, 1.82) is 0 Å². The summed E-state index contributed by atoms with van der Waals surface area (Å²) < 4.78 is 6.25. The summed E-state index contributed by atoms with van der Waals surface area (Å²) in [5.41, 5.74) is 9.00. The summed E-state index contributed by atoms with van der Waals surface area (Å²) in [6, 6.07) is 16.0. The minimum atomic E-state index is -0.654. The number of rotatable bonds is 7. The second-order valence-corrected chi connectivity index (χ2v) is 7.66. The Morgan fingerprint density at radius 3 is 2.68 bits per heavy atom. The molecule has 0 saturated heterocycles. The number of thiazole rings is 1. The normalized spacial score (nSPS) is 11.8. The molecule has 2 N–H and O–H groups in total. The molecule has 4 aromatic rings. The molecular formula is C22H19N5O3S. The summed E-state index contributed by atoms with van der Waals surface area (Å²) in [6.07, 6.45) is 2.09. The first kappa shape index (κ1) is 20.4. The predicted molar refractivity (Wildman–Crippen MR) is 116 cm³/mol. The van der Waals surface area contributed by atoms with Gasteiger partial charge in [-0.05, 0) is 17.7 Å². The van der Waals surface area contributed by atoms with E-state index in [0.717, 1.165) is 16.1 Å². The van der Waals surface area contributed by atoms with Gasteiger partial charge in [0.25, 0.3) is 0 Å². The molecule has 4 rings (SSSR count). The Morgan fingerprint density at radius 1 is 1.13 bits per heavy atom. The van der Waals surface area contributed by atoms with Crippen LogP contribution in [0.2, 0.25) is 0 Å². The van der Waals surface area contributed by atoms with Crippen LogP contribution in [-0.4, -0.2) is 39.0 Å². The fraction of sp³-hybridized carbons (Fsp3) is 0.136. The van der Waals surface area contributed by atoms with Gasteiger partial charge in [0, 0.05) is 17.4 Å². The zero-order chi connectivity index (χ0) is 21.8. The van der Waals surface area contributed by atoms with Crippen LogP contribution >= 0.6 is 11.3 Å². The Hall–Kier alpha value is -3.85. The molecule has 8 nitrogen and oxygen atoms in total. The van der Waals surface area contributed by atoms with Crippen LogP contribution in [0.4, 0.5) is 0 Å². The number of hydrogen-bond donors (Lipinski definition) is 1. The lowest BCUT2D eigenvalue weighted by atomic mass is 10.1. The standard InChI is InChI=1S/C22H19N5O3S/c1-30-22(29)16-9-5-8-15(11-16)21-24-18(13-31-21)17-12-27(26-25-17)19(20(23)28)10-14-6-3-2-4-7-14/h2-9,11-13,19H,10H2,1H3,(H2,23,28). The summed E-state index contributed by atoms with van der Waals surface area (Å²) in [4.78, 5) is 28.4. The third-order valence-electron chi connectivity index (χ3n) is 4.73. The van der Waals surface area contributed by atoms with E-state index in [0.29, 0.717) is 23.4 Å². The van der Waals surface area contributed by atoms with Gasteiger partial charge in [0.05, 0.1) is 18.9 Å². The number of carbonyl (C=O) groups is 2. The largest absolute Gasteiger partial charge is 0.465 e. The lowest BCUT2D eigenvalue weighted by Crippen LogP contribution is -2.28. The zero-order valence-corrected chi connectivity index (χ0v) is 17.5. The molecule has 0 bridgehead atoms. The minimum absolute atomic E-state index is 0.405. The lowest BCUT2D eigenvalue weighted by molar-refractivity contribution is -0.121. The van der Waals surface area contributed by atoms with E-state index in [1.807, 2.05) is 41.8 Å². The van der Waals surface area contributed by atoms with E-state index in [1.165, 1.54) is 23.1 Å². The van der Waals surface area contributed by atoms with E-state index in [-0.39, 0.29) is 0 Å². The molecule has 1 atom stereocenters. The number of nitrogens with two attached hydrogens (primary N) is 1. The molecule has 156 valence electrons. The number of benzene rings is 2. The second kappa shape index (κ2) is 8.88. The zero-order valence-electron chi connectivity index (χ0n) is 16.6. The molecule has 1 amide bonds. The first-order valence-electron chi connectivity index (χ1n) is 9.45. The predicted octanol–water partition coefficient (Wildman–Crippen LogP) is 3.12. The fourth-order valence-electron chi connectivity index (χ4n) is 3.13. The third kappa shape index (κ3) is 4.51. The van der Waals surface area contributed by atoms with Crippen molar-refractivity contribution >= 4 is 23.2 Å². The maximum Gasteiger partial charge on any atom is 0.337 e. The Balaban J connectivity index is 1.58. The van der Waals surface area contributed by atoms with Crippen LogP contribution in [0.25, 0.3) is 22.0 Å². The minimum Gasteiger partial charge on any atom is -0.465 e. The summed E-state index contributed by atoms with van der Waals surface area (Å²) in [7, 11) is 1.34. The summed E-state index contributed by atoms with van der Waals surface area (Å²) in [5.74, 6) is -0.892. The van der Waals surface area contributed by atoms with Crippen molar-refractivity contribution in [3.8, 4) is 22.0 Å². The molecule has 0 fully saturated rings. The monoisotopic (exact) mass is 433 g/mol. The highest BCUT2D eigenvalue weighted by Gasteiger charge is 2.21. The number of methoxy groups -OCH3 is 1. The van der Waals surface area contributed by atoms with Crippen molar-refractivity contribution in [2.24, 2.45) is 5.73 Å². The van der Waals surface area contributed by atoms with Crippen molar-refractivity contribution in [3.05, 3.63) is 77.3 Å². The molecule has 31 heavy (non-hydrogen) atoms. The van der Waals surface area contributed by atoms with Crippen LogP contribution < -0.4 is 5.73 Å². The highest BCUT2D eigenvalue weighted by molar-refractivity contribution is 7.13. The lowest BCUT2D eigenvalue weighted by Gasteiger charge is -2.12. The molecule has 0 saturated carbocycles. The SMILES string of the molecule is COC(=O)c1cccc(-c2nc(-c3cn(C(Cc4ccccc4)C(N)=O)nn3)cs2)c1. The van der Waals surface area contributed by atoms with Crippen molar-refractivity contribution < 1.29 is 14.3 Å². The van der Waals surface area contributed by atoms with E-state index in [2.05, 4.69) is 15.3 Å². The number of carbonyl (C=O) groups excluding carboxylic acids is 2. The van der Waals surface area contributed by atoms with Gasteiger partial charge in [0.15, 0.2) is 0 Å². The summed E-state index contributed by atoms with van der Waals surface area (Å²) in [5, 5.41) is 10.9. The van der Waals surface area contributed by atoms with Crippen LogP contribution in [0, 0.1) is 0 Å². The van der Waals surface area contributed by atoms with E-state index < -0.39 is 17.9 Å². The van der Waals surface area contributed by atoms with Crippen molar-refractivity contribution in [2.75, 3.05) is 7.11 Å². The molecule has 2 aromatic carbocycles. The first-order valence-corrected chi connectivity index (χ1v) is 10.3. The highest BCUT2D eigenvalue weighted by atomic mass is 32.1. The van der Waals surface area contributed by atoms with E-state index >= 15 is 0 Å². The van der Waals surface area contributed by atoms with Gasteiger partial charge < -0.3 is 10.5 Å². The van der Waals surface area contributed by atoms with Gasteiger partial charge in [-0.1, -0.05) is 47.7 Å². The van der Waals surface area contributed by atoms with Crippen LogP contribution in [0.5, 0.6) is 0 Å². The van der Waals surface area contributed by atoms with Gasteiger partial charge in [-0.25, -0.2) is 14.5 Å². The van der Waals surface area contributed by atoms with Crippen LogP contribution in [0.1, 0.15) is 22.0 Å². The van der Waals surface area contributed by atoms with E-state index in [9.17, 15) is 9.59 Å². The topological polar surface area (TPSA) is 113 Å². The number of amides is 1. The highest BCUT2D eigenvalue weighted by Crippen LogP contribution is 2.29. The molecule has 0 spiro atoms. The first-order chi connectivity index (χ1) is 15.0. The Morgan fingerprint density at radius 2 is 1.94 bits per heavy atom. The maximum absolute atomic E-state index is 12.0. The Kier molecular flexibility index (Phi) is 5.85. The number of aromatic nitrogens is 4. The average Bonchev–Trinajstić information content (AvgIpc) is 3.47. The number of nitrogens with zero attached hydrogens (tertiary/aromatic N) is 4. The van der Waals surface area contributed by atoms with Gasteiger partial charge in [-0.3, -0.25) is 4.79 Å². The van der Waals surface area contributed by atoms with Crippen LogP contribution in [-0.2, 0) is 16.0 Å². The van der Waals surface area contributed by atoms with Crippen molar-refractivity contribution in [1.82, 2.24) is 20.0 Å². The van der Waals surface area contributed by atoms with Crippen molar-refractivity contribution in [2.45, 2.75) is 12.5 Å². The molecular weight excluding hydrogens is 414 g/mol. The molecule has 9 heteroatoms. The molecule has 2 heterocycles. The third-order valence-corrected chi connectivity index (χ3v) is 5.62. The summed E-state index contributed by atoms with van der Waals surface area (Å²) in [6.45, 7) is 0. The van der Waals surface area contributed by atoms with Crippen LogP contribution in [0.3, 0.4) is 0 Å². The van der Waals surface area contributed by atoms with Gasteiger partial charge >= 0.3 is 5.97 Å². The number of hydrogen-bond acceptors (Lipinski definition) is 7. The Labute approximate surface area is 182 Å². The van der Waals surface area contributed by atoms with Crippen molar-refractivity contribution in [3.63, 3.8) is 0 Å².